The molecule has 0 heterocycles. The van der Waals surface area contributed by atoms with Crippen molar-refractivity contribution in [1.29, 1.82) is 5.26 Å². The lowest BCUT2D eigenvalue weighted by atomic mass is 10.2. The van der Waals surface area contributed by atoms with Crippen LogP contribution in [-0.2, 0) is 0 Å². The van der Waals surface area contributed by atoms with Crippen LogP contribution < -0.4 is 10.1 Å². The lowest BCUT2D eigenvalue weighted by molar-refractivity contribution is 0.102. The van der Waals surface area contributed by atoms with Crippen LogP contribution in [-0.4, -0.2) is 12.5 Å². The van der Waals surface area contributed by atoms with Gasteiger partial charge in [-0.2, -0.15) is 5.26 Å². The van der Waals surface area contributed by atoms with E-state index in [-0.39, 0.29) is 12.5 Å². The SMILES string of the molecule is N#CCOc1ccccc1NC(=O)c1cc(Cl)ccc1I. The molecule has 0 atom stereocenters. The van der Waals surface area contributed by atoms with Gasteiger partial charge in [0.15, 0.2) is 6.61 Å². The molecule has 0 saturated heterocycles. The Kier molecular flexibility index (Phi) is 5.42. The van der Waals surface area contributed by atoms with Gasteiger partial charge in [0, 0.05) is 8.59 Å². The van der Waals surface area contributed by atoms with Gasteiger partial charge in [-0.1, -0.05) is 23.7 Å². The number of halogens is 2. The number of nitriles is 1. The third-order valence-electron chi connectivity index (χ3n) is 2.60. The zero-order valence-corrected chi connectivity index (χ0v) is 13.7. The summed E-state index contributed by atoms with van der Waals surface area (Å²) in [6.45, 7) is -0.0818. The van der Waals surface area contributed by atoms with Crippen LogP contribution in [0.3, 0.4) is 0 Å². The summed E-state index contributed by atoms with van der Waals surface area (Å²) in [6, 6.07) is 13.9. The first-order valence-corrected chi connectivity index (χ1v) is 7.42. The van der Waals surface area contributed by atoms with Crippen molar-refractivity contribution >= 4 is 45.8 Å². The molecular formula is C15H10ClIN2O2. The van der Waals surface area contributed by atoms with Gasteiger partial charge in [-0.3, -0.25) is 4.79 Å². The molecule has 0 unspecified atom stereocenters. The number of carbonyl (C=O) groups is 1. The van der Waals surface area contributed by atoms with Gasteiger partial charge < -0.3 is 10.1 Å². The van der Waals surface area contributed by atoms with E-state index in [1.807, 2.05) is 6.07 Å². The van der Waals surface area contributed by atoms with Gasteiger partial charge in [0.1, 0.15) is 11.8 Å². The molecule has 0 radical (unpaired) electrons. The molecule has 4 nitrogen and oxygen atoms in total. The first kappa shape index (κ1) is 15.6. The first-order valence-electron chi connectivity index (χ1n) is 5.97. The monoisotopic (exact) mass is 412 g/mol. The van der Waals surface area contributed by atoms with Gasteiger partial charge in [0.05, 0.1) is 11.3 Å². The molecule has 0 fully saturated rings. The molecule has 0 aliphatic rings. The van der Waals surface area contributed by atoms with Crippen molar-refractivity contribution < 1.29 is 9.53 Å². The van der Waals surface area contributed by atoms with E-state index >= 15 is 0 Å². The van der Waals surface area contributed by atoms with Gasteiger partial charge in [0.25, 0.3) is 5.91 Å². The van der Waals surface area contributed by atoms with E-state index in [0.29, 0.717) is 22.0 Å². The molecule has 21 heavy (non-hydrogen) atoms. The van der Waals surface area contributed by atoms with Gasteiger partial charge >= 0.3 is 0 Å². The summed E-state index contributed by atoms with van der Waals surface area (Å²) in [4.78, 5) is 12.3. The minimum atomic E-state index is -0.282. The van der Waals surface area contributed by atoms with Crippen LogP contribution in [0.5, 0.6) is 5.75 Å². The maximum absolute atomic E-state index is 12.3. The summed E-state index contributed by atoms with van der Waals surface area (Å²) >= 11 is 7.99. The van der Waals surface area contributed by atoms with Crippen LogP contribution in [0.25, 0.3) is 0 Å². The fourth-order valence-corrected chi connectivity index (χ4v) is 2.42. The largest absolute Gasteiger partial charge is 0.477 e. The number of ether oxygens (including phenoxy) is 1. The topological polar surface area (TPSA) is 62.1 Å². The van der Waals surface area contributed by atoms with E-state index in [9.17, 15) is 4.79 Å². The fraction of sp³-hybridized carbons (Fsp3) is 0.0667. The first-order chi connectivity index (χ1) is 10.1. The second kappa shape index (κ2) is 7.29. The Bertz CT molecular complexity index is 713. The molecule has 106 valence electrons. The fourth-order valence-electron chi connectivity index (χ4n) is 1.67. The smallest absolute Gasteiger partial charge is 0.256 e. The summed E-state index contributed by atoms with van der Waals surface area (Å²) in [6.07, 6.45) is 0. The minimum absolute atomic E-state index is 0.0818. The highest BCUT2D eigenvalue weighted by atomic mass is 127. The molecule has 2 aromatic carbocycles. The van der Waals surface area contributed by atoms with Crippen LogP contribution in [0.4, 0.5) is 5.69 Å². The summed E-state index contributed by atoms with van der Waals surface area (Å²) < 4.78 is 6.07. The average Bonchev–Trinajstić information content (AvgIpc) is 2.48. The molecular weight excluding hydrogens is 403 g/mol. The second-order valence-electron chi connectivity index (χ2n) is 4.02. The van der Waals surface area contributed by atoms with Crippen molar-refractivity contribution in [3.8, 4) is 11.8 Å². The maximum atomic E-state index is 12.3. The van der Waals surface area contributed by atoms with Crippen molar-refractivity contribution in [1.82, 2.24) is 0 Å². The van der Waals surface area contributed by atoms with Gasteiger partial charge in [-0.25, -0.2) is 0 Å². The molecule has 6 heteroatoms. The normalized spacial score (nSPS) is 9.76. The molecule has 1 N–H and O–H groups in total. The van der Waals surface area contributed by atoms with Crippen LogP contribution in [0.1, 0.15) is 10.4 Å². The van der Waals surface area contributed by atoms with E-state index in [4.69, 9.17) is 21.6 Å². The second-order valence-corrected chi connectivity index (χ2v) is 5.62. The summed E-state index contributed by atoms with van der Waals surface area (Å²) in [5, 5.41) is 11.8. The van der Waals surface area contributed by atoms with E-state index in [1.165, 1.54) is 0 Å². The number of benzene rings is 2. The molecule has 0 aliphatic carbocycles. The number of hydrogen-bond donors (Lipinski definition) is 1. The van der Waals surface area contributed by atoms with Gasteiger partial charge in [0.2, 0.25) is 0 Å². The van der Waals surface area contributed by atoms with Crippen molar-refractivity contribution in [2.45, 2.75) is 0 Å². The number of anilines is 1. The van der Waals surface area contributed by atoms with Gasteiger partial charge in [-0.05, 0) is 52.9 Å². The van der Waals surface area contributed by atoms with Crippen molar-refractivity contribution in [3.63, 3.8) is 0 Å². The highest BCUT2D eigenvalue weighted by Gasteiger charge is 2.13. The Morgan fingerprint density at radius 2 is 2.10 bits per heavy atom. The number of nitrogens with zero attached hydrogens (tertiary/aromatic N) is 1. The molecule has 0 saturated carbocycles. The third kappa shape index (κ3) is 4.09. The molecule has 2 aromatic rings. The van der Waals surface area contributed by atoms with Crippen LogP contribution in [0, 0.1) is 14.9 Å². The van der Waals surface area contributed by atoms with Crippen molar-refractivity contribution in [2.75, 3.05) is 11.9 Å². The highest BCUT2D eigenvalue weighted by molar-refractivity contribution is 14.1. The van der Waals surface area contributed by atoms with Crippen LogP contribution >= 0.6 is 34.2 Å². The third-order valence-corrected chi connectivity index (χ3v) is 3.78. The molecule has 0 spiro atoms. The summed E-state index contributed by atoms with van der Waals surface area (Å²) in [7, 11) is 0. The van der Waals surface area contributed by atoms with E-state index < -0.39 is 0 Å². The summed E-state index contributed by atoms with van der Waals surface area (Å²) in [5.41, 5.74) is 0.992. The predicted molar refractivity (Wildman–Crippen MR) is 89.7 cm³/mol. The molecule has 1 amide bonds. The Morgan fingerprint density at radius 3 is 2.86 bits per heavy atom. The highest BCUT2D eigenvalue weighted by Crippen LogP contribution is 2.25. The predicted octanol–water partition coefficient (Wildman–Crippen LogP) is 4.10. The molecule has 0 aromatic heterocycles. The number of nitrogens with one attached hydrogen (secondary N) is 1. The zero-order chi connectivity index (χ0) is 15.2. The number of amides is 1. The lowest BCUT2D eigenvalue weighted by Gasteiger charge is -2.11. The van der Waals surface area contributed by atoms with Crippen molar-refractivity contribution in [2.24, 2.45) is 0 Å². The van der Waals surface area contributed by atoms with Gasteiger partial charge in [-0.15, -0.1) is 0 Å². The Morgan fingerprint density at radius 1 is 1.33 bits per heavy atom. The van der Waals surface area contributed by atoms with E-state index in [1.54, 1.807) is 42.5 Å². The quantitative estimate of drug-likeness (QED) is 0.769. The standard InChI is InChI=1S/C15H10ClIN2O2/c16-10-5-6-12(17)11(9-10)15(20)19-13-3-1-2-4-14(13)21-8-7-18/h1-6,9H,8H2,(H,19,20). The lowest BCUT2D eigenvalue weighted by Crippen LogP contribution is -2.14. The molecule has 0 aliphatic heterocycles. The van der Waals surface area contributed by atoms with E-state index in [0.717, 1.165) is 3.57 Å². The molecule has 2 rings (SSSR count). The van der Waals surface area contributed by atoms with Crippen LogP contribution in [0.2, 0.25) is 5.02 Å². The Labute approximate surface area is 140 Å². The Hall–Kier alpha value is -1.78. The number of para-hydroxylation sites is 2. The van der Waals surface area contributed by atoms with Crippen LogP contribution in [0.15, 0.2) is 42.5 Å². The Balaban J connectivity index is 2.24. The van der Waals surface area contributed by atoms with E-state index in [2.05, 4.69) is 27.9 Å². The summed E-state index contributed by atoms with van der Waals surface area (Å²) in [5.74, 6) is 0.166. The zero-order valence-electron chi connectivity index (χ0n) is 10.8. The maximum Gasteiger partial charge on any atom is 0.256 e. The minimum Gasteiger partial charge on any atom is -0.477 e. The number of rotatable bonds is 4. The number of carbonyl (C=O) groups excluding carboxylic acids is 1. The number of hydrogen-bond acceptors (Lipinski definition) is 3. The molecule has 0 bridgehead atoms. The van der Waals surface area contributed by atoms with Crippen molar-refractivity contribution in [3.05, 3.63) is 56.6 Å². The average molecular weight is 413 g/mol.